The van der Waals surface area contributed by atoms with E-state index in [4.69, 9.17) is 5.73 Å². The Labute approximate surface area is 223 Å². The van der Waals surface area contributed by atoms with Crippen molar-refractivity contribution >= 4 is 51.4 Å². The van der Waals surface area contributed by atoms with Gasteiger partial charge >= 0.3 is 10.2 Å². The molecule has 3 aromatic rings. The normalized spacial score (nSPS) is 16.1. The van der Waals surface area contributed by atoms with Gasteiger partial charge in [0.05, 0.1) is 4.90 Å². The molecule has 0 bridgehead atoms. The number of ketones is 1. The molecule has 5 rings (SSSR count). The molecule has 0 spiro atoms. The first-order valence-electron chi connectivity index (χ1n) is 11.8. The molecule has 0 radical (unpaired) electrons. The summed E-state index contributed by atoms with van der Waals surface area (Å²) >= 11 is 0. The highest BCUT2D eigenvalue weighted by Crippen LogP contribution is 2.20. The third-order valence-corrected chi connectivity index (χ3v) is 6.89. The first kappa shape index (κ1) is 25.8. The number of nitrogens with zero attached hydrogens (tertiary/aromatic N) is 4. The largest absolute Gasteiger partial charge is 0.385 e. The standard InChI is InChI=1S/C27H21FN6O4S/c28-39(37,38)21-11-4-16(5-12-21)6-13-22(35)32-20-3-1-2-19(14-20)24(36)17-7-9-18(10-8-17)26-33-23-25(29)30-15-31-27(23)34-26/h1-5,7-12,14-15,23H,6,13H2,(H,32,35)(H2,29,30,31,33,34). The fourth-order valence-corrected chi connectivity index (χ4v) is 4.48. The average molecular weight is 545 g/mol. The molecule has 3 N–H and O–H groups in total. The van der Waals surface area contributed by atoms with E-state index in [1.165, 1.54) is 18.5 Å². The van der Waals surface area contributed by atoms with E-state index in [0.29, 0.717) is 51.9 Å². The number of halogens is 1. The molecule has 12 heteroatoms. The van der Waals surface area contributed by atoms with Crippen molar-refractivity contribution in [2.45, 2.75) is 23.8 Å². The van der Waals surface area contributed by atoms with Crippen LogP contribution in [0.15, 0.2) is 97.7 Å². The Morgan fingerprint density at radius 1 is 0.974 bits per heavy atom. The van der Waals surface area contributed by atoms with Gasteiger partial charge in [-0.1, -0.05) is 48.5 Å². The summed E-state index contributed by atoms with van der Waals surface area (Å²) in [5, 5.41) is 2.76. The Morgan fingerprint density at radius 2 is 1.72 bits per heavy atom. The minimum Gasteiger partial charge on any atom is -0.385 e. The second-order valence-corrected chi connectivity index (χ2v) is 10.1. The monoisotopic (exact) mass is 544 g/mol. The van der Waals surface area contributed by atoms with E-state index < -0.39 is 21.2 Å². The van der Waals surface area contributed by atoms with E-state index >= 15 is 0 Å². The fraction of sp³-hybridized carbons (Fsp3) is 0.111. The number of hydrogen-bond acceptors (Lipinski definition) is 9. The third kappa shape index (κ3) is 5.85. The Morgan fingerprint density at radius 3 is 2.41 bits per heavy atom. The minimum atomic E-state index is -4.76. The predicted octanol–water partition coefficient (Wildman–Crippen LogP) is 3.07. The summed E-state index contributed by atoms with van der Waals surface area (Å²) in [4.78, 5) is 42.0. The number of hydrogen-bond donors (Lipinski definition) is 2. The SMILES string of the molecule is NC1=NC=NC2=NC(c3ccc(C(=O)c4cccc(NC(=O)CCc5ccc(S(=O)(=O)F)cc5)c4)cc3)=NC12. The highest BCUT2D eigenvalue weighted by molar-refractivity contribution is 7.86. The molecule has 2 aliphatic heterocycles. The molecule has 1 unspecified atom stereocenters. The van der Waals surface area contributed by atoms with Gasteiger partial charge in [-0.05, 0) is 36.2 Å². The van der Waals surface area contributed by atoms with Gasteiger partial charge in [0.15, 0.2) is 23.5 Å². The topological polar surface area (TPSA) is 156 Å². The quantitative estimate of drug-likeness (QED) is 0.329. The Hall–Kier alpha value is -4.84. The zero-order chi connectivity index (χ0) is 27.6. The first-order chi connectivity index (χ1) is 18.7. The maximum Gasteiger partial charge on any atom is 0.332 e. The summed E-state index contributed by atoms with van der Waals surface area (Å²) in [6.07, 6.45) is 1.77. The van der Waals surface area contributed by atoms with Crippen LogP contribution in [-0.4, -0.2) is 50.0 Å². The lowest BCUT2D eigenvalue weighted by Gasteiger charge is -2.08. The molecule has 3 aromatic carbocycles. The van der Waals surface area contributed by atoms with Crippen LogP contribution in [0.2, 0.25) is 0 Å². The lowest BCUT2D eigenvalue weighted by Crippen LogP contribution is -2.34. The molecule has 0 fully saturated rings. The number of fused-ring (bicyclic) bond motifs is 1. The van der Waals surface area contributed by atoms with Gasteiger partial charge in [0.25, 0.3) is 0 Å². The van der Waals surface area contributed by atoms with Gasteiger partial charge < -0.3 is 11.1 Å². The van der Waals surface area contributed by atoms with E-state index in [-0.39, 0.29) is 18.1 Å². The molecule has 0 saturated carbocycles. The molecule has 2 heterocycles. The van der Waals surface area contributed by atoms with Crippen molar-refractivity contribution in [3.63, 3.8) is 0 Å². The van der Waals surface area contributed by atoms with E-state index in [1.807, 2.05) is 0 Å². The summed E-state index contributed by atoms with van der Waals surface area (Å²) in [6.45, 7) is 0. The molecule has 196 valence electrons. The van der Waals surface area contributed by atoms with E-state index in [9.17, 15) is 21.9 Å². The fourth-order valence-electron chi connectivity index (χ4n) is 4.02. The van der Waals surface area contributed by atoms with E-state index in [2.05, 4.69) is 25.3 Å². The molecule has 0 aromatic heterocycles. The number of nitrogens with two attached hydrogens (primary N) is 1. The smallest absolute Gasteiger partial charge is 0.332 e. The van der Waals surface area contributed by atoms with E-state index in [1.54, 1.807) is 48.5 Å². The van der Waals surface area contributed by atoms with Crippen LogP contribution in [0.3, 0.4) is 0 Å². The van der Waals surface area contributed by atoms with Crippen LogP contribution in [0.1, 0.15) is 33.5 Å². The van der Waals surface area contributed by atoms with Gasteiger partial charge in [-0.25, -0.2) is 20.0 Å². The first-order valence-corrected chi connectivity index (χ1v) is 13.2. The van der Waals surface area contributed by atoms with Crippen LogP contribution in [0, 0.1) is 0 Å². The van der Waals surface area contributed by atoms with Crippen molar-refractivity contribution in [3.05, 3.63) is 95.1 Å². The highest BCUT2D eigenvalue weighted by Gasteiger charge is 2.28. The number of aliphatic imine (C=N–C) groups is 4. The van der Waals surface area contributed by atoms with Crippen molar-refractivity contribution in [2.75, 3.05) is 5.32 Å². The zero-order valence-electron chi connectivity index (χ0n) is 20.3. The number of carbonyl (C=O) groups is 2. The molecule has 10 nitrogen and oxygen atoms in total. The molecule has 0 saturated heterocycles. The van der Waals surface area contributed by atoms with Gasteiger partial charge in [-0.2, -0.15) is 8.42 Å². The number of rotatable bonds is 8. The van der Waals surface area contributed by atoms with Crippen LogP contribution in [0.4, 0.5) is 9.57 Å². The number of carbonyl (C=O) groups excluding carboxylic acids is 2. The molecule has 39 heavy (non-hydrogen) atoms. The molecular formula is C27H21FN6O4S. The van der Waals surface area contributed by atoms with Gasteiger partial charge in [0, 0.05) is 28.8 Å². The Bertz CT molecular complexity index is 1690. The number of amides is 1. The Kier molecular flexibility index (Phi) is 6.94. The lowest BCUT2D eigenvalue weighted by molar-refractivity contribution is -0.116. The zero-order valence-corrected chi connectivity index (χ0v) is 21.1. The maximum atomic E-state index is 13.1. The summed E-state index contributed by atoms with van der Waals surface area (Å²) < 4.78 is 34.9. The number of aryl methyl sites for hydroxylation is 1. The Balaban J connectivity index is 1.21. The summed E-state index contributed by atoms with van der Waals surface area (Å²) in [5.74, 6) is 0.735. The molecule has 0 aliphatic carbocycles. The molecule has 1 atom stereocenters. The summed E-state index contributed by atoms with van der Waals surface area (Å²) in [6, 6.07) is 18.2. The number of nitrogens with one attached hydrogen (secondary N) is 1. The van der Waals surface area contributed by atoms with Crippen molar-refractivity contribution in [3.8, 4) is 0 Å². The van der Waals surface area contributed by atoms with Gasteiger partial charge in [0.2, 0.25) is 5.91 Å². The van der Waals surface area contributed by atoms with Crippen LogP contribution < -0.4 is 11.1 Å². The molecule has 2 aliphatic rings. The second kappa shape index (κ2) is 10.5. The lowest BCUT2D eigenvalue weighted by atomic mass is 10.0. The molecular weight excluding hydrogens is 523 g/mol. The maximum absolute atomic E-state index is 13.1. The summed E-state index contributed by atoms with van der Waals surface area (Å²) in [7, 11) is -4.76. The van der Waals surface area contributed by atoms with Gasteiger partial charge in [-0.3, -0.25) is 9.59 Å². The van der Waals surface area contributed by atoms with Crippen LogP contribution >= 0.6 is 0 Å². The van der Waals surface area contributed by atoms with E-state index in [0.717, 1.165) is 12.1 Å². The van der Waals surface area contributed by atoms with Crippen LogP contribution in [-0.2, 0) is 21.4 Å². The average Bonchev–Trinajstić information content (AvgIpc) is 3.37. The van der Waals surface area contributed by atoms with Crippen LogP contribution in [0.5, 0.6) is 0 Å². The number of amidine groups is 3. The number of anilines is 1. The second-order valence-electron chi connectivity index (χ2n) is 8.74. The minimum absolute atomic E-state index is 0.110. The molecule has 1 amide bonds. The highest BCUT2D eigenvalue weighted by atomic mass is 32.3. The van der Waals surface area contributed by atoms with Crippen molar-refractivity contribution in [2.24, 2.45) is 25.7 Å². The van der Waals surface area contributed by atoms with Crippen LogP contribution in [0.25, 0.3) is 0 Å². The van der Waals surface area contributed by atoms with Gasteiger partial charge in [0.1, 0.15) is 12.2 Å². The van der Waals surface area contributed by atoms with Crippen molar-refractivity contribution in [1.82, 2.24) is 0 Å². The van der Waals surface area contributed by atoms with Crippen molar-refractivity contribution in [1.29, 1.82) is 0 Å². The number of benzene rings is 3. The summed E-state index contributed by atoms with van der Waals surface area (Å²) in [5.41, 5.74) is 8.55. The van der Waals surface area contributed by atoms with Crippen molar-refractivity contribution < 1.29 is 21.9 Å². The van der Waals surface area contributed by atoms with Gasteiger partial charge in [-0.15, -0.1) is 3.89 Å². The predicted molar refractivity (Wildman–Crippen MR) is 146 cm³/mol. The third-order valence-electron chi connectivity index (χ3n) is 6.05.